The Kier molecular flexibility index (Phi) is 56.5. The highest BCUT2D eigenvalue weighted by Crippen LogP contribution is 2.09. The molecule has 0 spiro atoms. The number of hydrogen-bond acceptors (Lipinski definition) is 23. The molecule has 8 N–H and O–H groups in total. The zero-order valence-corrected chi connectivity index (χ0v) is 63.2. The zero-order valence-electron chi connectivity index (χ0n) is 63.2. The van der Waals surface area contributed by atoms with Crippen LogP contribution in [0.3, 0.4) is 0 Å². The number of alkyl carbamates (subject to hydrolysis) is 4. The first kappa shape index (κ1) is 92.8. The molecule has 0 aliphatic rings. The summed E-state index contributed by atoms with van der Waals surface area (Å²) in [5.74, 6) is -0.914. The topological polar surface area (TPSA) is 371 Å². The molecule has 4 rings (SSSR count). The van der Waals surface area contributed by atoms with E-state index in [-0.39, 0.29) is 76.1 Å². The van der Waals surface area contributed by atoms with E-state index in [0.717, 1.165) is 22.3 Å². The number of nitrogens with one attached hydrogen (secondary N) is 8. The predicted molar refractivity (Wildman–Crippen MR) is 403 cm³/mol. The van der Waals surface area contributed by atoms with Gasteiger partial charge in [0.1, 0.15) is 38.5 Å². The maximum atomic E-state index is 13.1. The normalized spacial score (nSPS) is 11.5. The fourth-order valence-electron chi connectivity index (χ4n) is 9.62. The fraction of sp³-hybridized carbons (Fsp3) is 0.590. The van der Waals surface area contributed by atoms with Gasteiger partial charge in [0.25, 0.3) is 0 Å². The van der Waals surface area contributed by atoms with Gasteiger partial charge in [0, 0.05) is 78.5 Å². The second kappa shape index (κ2) is 66.4. The molecule has 0 aromatic heterocycles. The summed E-state index contributed by atoms with van der Waals surface area (Å²) in [4.78, 5) is 100. The van der Waals surface area contributed by atoms with Crippen molar-refractivity contribution in [1.29, 1.82) is 0 Å². The first-order valence-corrected chi connectivity index (χ1v) is 37.8. The minimum atomic E-state index is -0.838. The summed E-state index contributed by atoms with van der Waals surface area (Å²) in [5.41, 5.74) is 3.40. The van der Waals surface area contributed by atoms with Crippen LogP contribution in [-0.2, 0) is 117 Å². The van der Waals surface area contributed by atoms with Crippen LogP contribution in [0.15, 0.2) is 121 Å². The van der Waals surface area contributed by atoms with Crippen LogP contribution >= 0.6 is 0 Å². The molecular weight excluding hydrogens is 1420 g/mol. The first-order chi connectivity index (χ1) is 53.5. The minimum Gasteiger partial charge on any atom is -0.445 e. The molecule has 0 saturated heterocycles. The van der Waals surface area contributed by atoms with Gasteiger partial charge in [-0.2, -0.15) is 0 Å². The number of carbonyl (C=O) groups is 8. The lowest BCUT2D eigenvalue weighted by atomic mass is 10.1. The van der Waals surface area contributed by atoms with Gasteiger partial charge in [0.05, 0.1) is 119 Å². The summed E-state index contributed by atoms with van der Waals surface area (Å²) in [7, 11) is 0. The first-order valence-electron chi connectivity index (χ1n) is 37.8. The Morgan fingerprint density at radius 2 is 0.468 bits per heavy atom. The SMILES string of the molecule is O=C(CCOCCOCCOCCOCCOCCC(=O)NCCCOCCOCCOCCCNC(=O)[C@H](CCCCNC(=O)OCc1ccccc1)NC(=O)OCc1ccccc1)NCCCOCCOCCOCCCNC(=O)[C@H](CCCCNC(=O)OCc1ccccc1)NC(=O)OCc1ccccc1. The molecule has 0 radical (unpaired) electrons. The van der Waals surface area contributed by atoms with Crippen LogP contribution in [-0.4, -0.2) is 245 Å². The van der Waals surface area contributed by atoms with Gasteiger partial charge in [0.15, 0.2) is 0 Å². The molecule has 109 heavy (non-hydrogen) atoms. The van der Waals surface area contributed by atoms with E-state index in [9.17, 15) is 38.4 Å². The third kappa shape index (κ3) is 54.6. The number of ether oxygens (including phenoxy) is 15. The van der Waals surface area contributed by atoms with Gasteiger partial charge in [-0.05, 0) is 86.5 Å². The highest BCUT2D eigenvalue weighted by atomic mass is 16.6. The molecule has 4 aromatic rings. The summed E-state index contributed by atoms with van der Waals surface area (Å²) >= 11 is 0. The van der Waals surface area contributed by atoms with Gasteiger partial charge in [-0.1, -0.05) is 121 Å². The van der Waals surface area contributed by atoms with E-state index >= 15 is 0 Å². The summed E-state index contributed by atoms with van der Waals surface area (Å²) in [6, 6.07) is 35.5. The summed E-state index contributed by atoms with van der Waals surface area (Å²) in [6.07, 6.45) is 3.26. The summed E-state index contributed by atoms with van der Waals surface area (Å²) in [5, 5.41) is 22.2. The van der Waals surface area contributed by atoms with Crippen molar-refractivity contribution in [3.05, 3.63) is 144 Å². The molecule has 0 unspecified atom stereocenters. The van der Waals surface area contributed by atoms with Gasteiger partial charge in [-0.3, -0.25) is 19.2 Å². The van der Waals surface area contributed by atoms with Crippen LogP contribution in [0.2, 0.25) is 0 Å². The van der Waals surface area contributed by atoms with Crippen molar-refractivity contribution >= 4 is 48.0 Å². The van der Waals surface area contributed by atoms with Crippen LogP contribution < -0.4 is 42.5 Å². The number of amides is 8. The average molecular weight is 1540 g/mol. The van der Waals surface area contributed by atoms with E-state index in [1.54, 1.807) is 0 Å². The standard InChI is InChI=1S/C78H118N8O23/c87-71(79-35-17-39-95-45-51-101-53-47-97-41-19-37-81-73(89)69(85-77(93)108-63-67-25-9-3-10-26-67)29-13-15-33-83-75(91)106-61-65-21-5-1-6-22-65)31-43-99-49-55-103-57-59-105-60-58-104-56-50-100-44-32-72(88)80-36-18-40-96-46-52-102-54-48-98-42-20-38-82-74(90)70(86-78(94)109-64-68-27-11-4-12-28-68)30-14-16-34-84-76(92)107-62-66-23-7-2-8-24-66/h1-12,21-28,69-70H,13-20,29-64H2,(H,79,87)(H,80,88)(H,81,89)(H,82,90)(H,83,91)(H,84,92)(H,85,93)(H,86,94)/t69-,70-/m0/s1. The quantitative estimate of drug-likeness (QED) is 0.0167. The van der Waals surface area contributed by atoms with Gasteiger partial charge in [0.2, 0.25) is 23.6 Å². The smallest absolute Gasteiger partial charge is 0.408 e. The maximum absolute atomic E-state index is 13.1. The van der Waals surface area contributed by atoms with Crippen molar-refractivity contribution in [3.63, 3.8) is 0 Å². The molecule has 4 aromatic carbocycles. The lowest BCUT2D eigenvalue weighted by Gasteiger charge is -2.18. The van der Waals surface area contributed by atoms with E-state index in [1.807, 2.05) is 121 Å². The molecule has 0 aliphatic carbocycles. The van der Waals surface area contributed by atoms with Gasteiger partial charge in [-0.25, -0.2) is 19.2 Å². The molecule has 0 saturated carbocycles. The van der Waals surface area contributed by atoms with Crippen LogP contribution in [0.5, 0.6) is 0 Å². The predicted octanol–water partition coefficient (Wildman–Crippen LogP) is 6.76. The van der Waals surface area contributed by atoms with E-state index in [0.29, 0.717) is 236 Å². The lowest BCUT2D eigenvalue weighted by molar-refractivity contribution is -0.124. The summed E-state index contributed by atoms with van der Waals surface area (Å²) in [6.45, 7) is 11.1. The van der Waals surface area contributed by atoms with E-state index < -0.39 is 36.5 Å². The fourth-order valence-corrected chi connectivity index (χ4v) is 9.62. The Labute approximate surface area is 641 Å². The van der Waals surface area contributed by atoms with Crippen molar-refractivity contribution in [1.82, 2.24) is 42.5 Å². The van der Waals surface area contributed by atoms with Crippen LogP contribution in [0.4, 0.5) is 19.2 Å². The van der Waals surface area contributed by atoms with Crippen LogP contribution in [0.25, 0.3) is 0 Å². The minimum absolute atomic E-state index is 0.0628. The zero-order chi connectivity index (χ0) is 77.6. The number of carbonyl (C=O) groups excluding carboxylic acids is 8. The van der Waals surface area contributed by atoms with Gasteiger partial charge >= 0.3 is 24.4 Å². The Balaban J connectivity index is 0.819. The van der Waals surface area contributed by atoms with E-state index in [4.69, 9.17) is 71.1 Å². The molecule has 0 aliphatic heterocycles. The molecule has 608 valence electrons. The number of benzene rings is 4. The summed E-state index contributed by atoms with van der Waals surface area (Å²) < 4.78 is 82.4. The molecule has 2 atom stereocenters. The third-order valence-corrected chi connectivity index (χ3v) is 15.5. The van der Waals surface area contributed by atoms with Crippen molar-refractivity contribution in [2.75, 3.05) is 185 Å². The Bertz CT molecular complexity index is 2760. The molecule has 31 nitrogen and oxygen atoms in total. The Hall–Kier alpha value is -8.60. The third-order valence-electron chi connectivity index (χ3n) is 15.5. The molecule has 31 heteroatoms. The van der Waals surface area contributed by atoms with Gasteiger partial charge < -0.3 is 114 Å². The van der Waals surface area contributed by atoms with E-state index in [2.05, 4.69) is 42.5 Å². The van der Waals surface area contributed by atoms with Crippen molar-refractivity contribution in [2.24, 2.45) is 0 Å². The largest absolute Gasteiger partial charge is 0.445 e. The molecule has 0 bridgehead atoms. The Morgan fingerprint density at radius 1 is 0.239 bits per heavy atom. The van der Waals surface area contributed by atoms with Crippen LogP contribution in [0, 0.1) is 0 Å². The van der Waals surface area contributed by atoms with Crippen molar-refractivity contribution in [3.8, 4) is 0 Å². The second-order valence-corrected chi connectivity index (χ2v) is 24.4. The molecule has 0 heterocycles. The van der Waals surface area contributed by atoms with Crippen LogP contribution in [0.1, 0.15) is 99.3 Å². The second-order valence-electron chi connectivity index (χ2n) is 24.4. The molecule has 0 fully saturated rings. The van der Waals surface area contributed by atoms with Gasteiger partial charge in [-0.15, -0.1) is 0 Å². The average Bonchev–Trinajstić information content (AvgIpc) is 0.929. The maximum Gasteiger partial charge on any atom is 0.408 e. The highest BCUT2D eigenvalue weighted by molar-refractivity contribution is 5.86. The lowest BCUT2D eigenvalue weighted by Crippen LogP contribution is -2.47. The monoisotopic (exact) mass is 1530 g/mol. The molecular formula is C78H118N8O23. The number of hydrogen-bond donors (Lipinski definition) is 8. The van der Waals surface area contributed by atoms with Crippen molar-refractivity contribution in [2.45, 2.75) is 116 Å². The Morgan fingerprint density at radius 3 is 0.743 bits per heavy atom. The van der Waals surface area contributed by atoms with E-state index in [1.165, 1.54) is 0 Å². The number of unbranched alkanes of at least 4 members (excludes halogenated alkanes) is 2. The molecule has 8 amide bonds. The highest BCUT2D eigenvalue weighted by Gasteiger charge is 2.23. The number of rotatable bonds is 68. The van der Waals surface area contributed by atoms with Crippen molar-refractivity contribution < 1.29 is 109 Å².